The Balaban J connectivity index is 1.76. The second kappa shape index (κ2) is 5.99. The molecule has 1 aliphatic heterocycles. The van der Waals surface area contributed by atoms with Gasteiger partial charge < -0.3 is 10.2 Å². The number of thiophene rings is 1. The van der Waals surface area contributed by atoms with E-state index in [0.717, 1.165) is 6.54 Å². The van der Waals surface area contributed by atoms with Crippen molar-refractivity contribution in [1.82, 2.24) is 10.2 Å². The molecule has 0 saturated carbocycles. The maximum absolute atomic E-state index is 3.51. The number of hydrogen-bond acceptors (Lipinski definition) is 3. The van der Waals surface area contributed by atoms with Gasteiger partial charge in [-0.2, -0.15) is 0 Å². The average Bonchev–Trinajstić information content (AvgIpc) is 2.52. The predicted molar refractivity (Wildman–Crippen MR) is 69.6 cm³/mol. The van der Waals surface area contributed by atoms with Gasteiger partial charge in [-0.25, -0.2) is 0 Å². The van der Waals surface area contributed by atoms with E-state index in [1.807, 2.05) is 11.3 Å². The standard InChI is InChI=1S/C11H17BrN2S/c12-11-3-2-10(15-11)4-8-14-7-1-5-13-6-9-14/h2-3,13H,1,4-9H2. The molecule has 0 radical (unpaired) electrons. The molecule has 0 aromatic carbocycles. The van der Waals surface area contributed by atoms with E-state index in [0.29, 0.717) is 0 Å². The van der Waals surface area contributed by atoms with E-state index in [1.54, 1.807) is 0 Å². The van der Waals surface area contributed by atoms with Crippen molar-refractivity contribution in [1.29, 1.82) is 0 Å². The highest BCUT2D eigenvalue weighted by Gasteiger charge is 2.08. The molecular formula is C11H17BrN2S. The predicted octanol–water partition coefficient (Wildman–Crippen LogP) is 2.35. The highest BCUT2D eigenvalue weighted by molar-refractivity contribution is 9.11. The minimum Gasteiger partial charge on any atom is -0.315 e. The quantitative estimate of drug-likeness (QED) is 0.919. The second-order valence-electron chi connectivity index (χ2n) is 3.90. The lowest BCUT2D eigenvalue weighted by atomic mass is 10.3. The first-order valence-corrected chi connectivity index (χ1v) is 7.13. The van der Waals surface area contributed by atoms with Crippen LogP contribution in [0.3, 0.4) is 0 Å². The molecule has 1 aromatic rings. The molecule has 2 rings (SSSR count). The Labute approximate surface area is 104 Å². The number of nitrogens with one attached hydrogen (secondary N) is 1. The van der Waals surface area contributed by atoms with Crippen LogP contribution in [-0.2, 0) is 6.42 Å². The average molecular weight is 289 g/mol. The van der Waals surface area contributed by atoms with Gasteiger partial charge >= 0.3 is 0 Å². The Bertz CT molecular complexity index is 293. The summed E-state index contributed by atoms with van der Waals surface area (Å²) in [6.07, 6.45) is 2.48. The van der Waals surface area contributed by atoms with Gasteiger partial charge in [0.05, 0.1) is 3.79 Å². The summed E-state index contributed by atoms with van der Waals surface area (Å²) < 4.78 is 1.25. The van der Waals surface area contributed by atoms with Crippen LogP contribution in [0.1, 0.15) is 11.3 Å². The fourth-order valence-corrected chi connectivity index (χ4v) is 3.35. The Morgan fingerprint density at radius 3 is 3.07 bits per heavy atom. The molecule has 0 spiro atoms. The summed E-state index contributed by atoms with van der Waals surface area (Å²) in [5.41, 5.74) is 0. The number of hydrogen-bond donors (Lipinski definition) is 1. The van der Waals surface area contributed by atoms with Crippen molar-refractivity contribution in [3.63, 3.8) is 0 Å². The normalized spacial score (nSPS) is 19.0. The van der Waals surface area contributed by atoms with Gasteiger partial charge in [0.1, 0.15) is 0 Å². The van der Waals surface area contributed by atoms with Gasteiger partial charge in [-0.3, -0.25) is 0 Å². The summed E-state index contributed by atoms with van der Waals surface area (Å²) >= 11 is 5.36. The van der Waals surface area contributed by atoms with Crippen molar-refractivity contribution in [2.75, 3.05) is 32.7 Å². The molecule has 1 saturated heterocycles. The summed E-state index contributed by atoms with van der Waals surface area (Å²) in [5, 5.41) is 3.43. The fraction of sp³-hybridized carbons (Fsp3) is 0.636. The highest BCUT2D eigenvalue weighted by atomic mass is 79.9. The van der Waals surface area contributed by atoms with Crippen LogP contribution < -0.4 is 5.32 Å². The topological polar surface area (TPSA) is 15.3 Å². The summed E-state index contributed by atoms with van der Waals surface area (Å²) in [5.74, 6) is 0. The second-order valence-corrected chi connectivity index (χ2v) is 6.45. The SMILES string of the molecule is Brc1ccc(CCN2CCCNCC2)s1. The van der Waals surface area contributed by atoms with E-state index in [1.165, 1.54) is 47.7 Å². The van der Waals surface area contributed by atoms with Gasteiger partial charge in [0.2, 0.25) is 0 Å². The van der Waals surface area contributed by atoms with Crippen LogP contribution in [0.25, 0.3) is 0 Å². The lowest BCUT2D eigenvalue weighted by Crippen LogP contribution is -2.29. The Kier molecular flexibility index (Phi) is 4.62. The number of nitrogens with zero attached hydrogens (tertiary/aromatic N) is 1. The number of rotatable bonds is 3. The lowest BCUT2D eigenvalue weighted by Gasteiger charge is -2.18. The summed E-state index contributed by atoms with van der Waals surface area (Å²) in [6, 6.07) is 4.37. The van der Waals surface area contributed by atoms with E-state index in [2.05, 4.69) is 38.3 Å². The van der Waals surface area contributed by atoms with Gasteiger partial charge in [0, 0.05) is 24.5 Å². The van der Waals surface area contributed by atoms with Gasteiger partial charge in [-0.05, 0) is 54.0 Å². The zero-order chi connectivity index (χ0) is 10.5. The van der Waals surface area contributed by atoms with E-state index in [4.69, 9.17) is 0 Å². The van der Waals surface area contributed by atoms with Gasteiger partial charge in [0.15, 0.2) is 0 Å². The van der Waals surface area contributed by atoms with Crippen molar-refractivity contribution < 1.29 is 0 Å². The molecule has 1 aromatic heterocycles. The molecule has 2 heterocycles. The largest absolute Gasteiger partial charge is 0.315 e. The van der Waals surface area contributed by atoms with Gasteiger partial charge in [0.25, 0.3) is 0 Å². The summed E-state index contributed by atoms with van der Waals surface area (Å²) in [6.45, 7) is 5.98. The van der Waals surface area contributed by atoms with E-state index < -0.39 is 0 Å². The fourth-order valence-electron chi connectivity index (χ4n) is 1.88. The zero-order valence-electron chi connectivity index (χ0n) is 8.84. The number of halogens is 1. The molecule has 84 valence electrons. The van der Waals surface area contributed by atoms with Gasteiger partial charge in [-0.15, -0.1) is 11.3 Å². The highest BCUT2D eigenvalue weighted by Crippen LogP contribution is 2.22. The van der Waals surface area contributed by atoms with Crippen LogP contribution in [0.5, 0.6) is 0 Å². The zero-order valence-corrected chi connectivity index (χ0v) is 11.2. The van der Waals surface area contributed by atoms with Gasteiger partial charge in [-0.1, -0.05) is 0 Å². The van der Waals surface area contributed by atoms with E-state index in [9.17, 15) is 0 Å². The van der Waals surface area contributed by atoms with E-state index in [-0.39, 0.29) is 0 Å². The smallest absolute Gasteiger partial charge is 0.0701 e. The van der Waals surface area contributed by atoms with Crippen molar-refractivity contribution in [3.8, 4) is 0 Å². The van der Waals surface area contributed by atoms with Crippen molar-refractivity contribution >= 4 is 27.3 Å². The minimum absolute atomic E-state index is 1.15. The third-order valence-corrected chi connectivity index (χ3v) is 4.42. The molecular weight excluding hydrogens is 272 g/mol. The molecule has 0 atom stereocenters. The Hall–Kier alpha value is 0.1000. The Morgan fingerprint density at radius 1 is 1.33 bits per heavy atom. The molecule has 0 bridgehead atoms. The van der Waals surface area contributed by atoms with Crippen LogP contribution in [0.2, 0.25) is 0 Å². The third-order valence-electron chi connectivity index (χ3n) is 2.74. The summed E-state index contributed by atoms with van der Waals surface area (Å²) in [7, 11) is 0. The van der Waals surface area contributed by atoms with Crippen molar-refractivity contribution in [2.24, 2.45) is 0 Å². The first-order chi connectivity index (χ1) is 7.34. The maximum atomic E-state index is 3.51. The van der Waals surface area contributed by atoms with Crippen LogP contribution in [0.4, 0.5) is 0 Å². The molecule has 2 nitrogen and oxygen atoms in total. The lowest BCUT2D eigenvalue weighted by molar-refractivity contribution is 0.297. The van der Waals surface area contributed by atoms with Crippen LogP contribution in [-0.4, -0.2) is 37.6 Å². The molecule has 4 heteroatoms. The first kappa shape index (κ1) is 11.6. The molecule has 15 heavy (non-hydrogen) atoms. The van der Waals surface area contributed by atoms with Crippen molar-refractivity contribution in [3.05, 3.63) is 20.8 Å². The third kappa shape index (κ3) is 3.87. The maximum Gasteiger partial charge on any atom is 0.0701 e. The Morgan fingerprint density at radius 2 is 2.27 bits per heavy atom. The summed E-state index contributed by atoms with van der Waals surface area (Å²) in [4.78, 5) is 4.05. The van der Waals surface area contributed by atoms with Crippen LogP contribution in [0, 0.1) is 0 Å². The minimum atomic E-state index is 1.15. The molecule has 0 aliphatic carbocycles. The molecule has 0 amide bonds. The first-order valence-electron chi connectivity index (χ1n) is 5.52. The molecule has 0 unspecified atom stereocenters. The monoisotopic (exact) mass is 288 g/mol. The van der Waals surface area contributed by atoms with Crippen LogP contribution in [0.15, 0.2) is 15.9 Å². The van der Waals surface area contributed by atoms with Crippen molar-refractivity contribution in [2.45, 2.75) is 12.8 Å². The van der Waals surface area contributed by atoms with E-state index >= 15 is 0 Å². The van der Waals surface area contributed by atoms with Crippen LogP contribution >= 0.6 is 27.3 Å². The molecule has 1 N–H and O–H groups in total. The molecule has 1 aliphatic rings. The molecule has 1 fully saturated rings.